The fourth-order valence-corrected chi connectivity index (χ4v) is 2.60. The average Bonchev–Trinajstić information content (AvgIpc) is 2.78. The third kappa shape index (κ3) is 2.81. The van der Waals surface area contributed by atoms with E-state index in [-0.39, 0.29) is 32.3 Å². The number of methoxy groups -OCH3 is 1. The van der Waals surface area contributed by atoms with Gasteiger partial charge in [0, 0.05) is 17.1 Å². The van der Waals surface area contributed by atoms with Crippen LogP contribution in [-0.2, 0) is 4.74 Å². The number of nitrogens with zero attached hydrogens (tertiary/aromatic N) is 2. The summed E-state index contributed by atoms with van der Waals surface area (Å²) in [7, 11) is 1.46. The van der Waals surface area contributed by atoms with Crippen molar-refractivity contribution >= 4 is 17.5 Å². The normalized spacial score (nSPS) is 16.8. The van der Waals surface area contributed by atoms with E-state index < -0.39 is 6.04 Å². The molecule has 112 valence electrons. The van der Waals surface area contributed by atoms with E-state index in [2.05, 4.69) is 6.07 Å². The Bertz CT molecular complexity index is 585. The highest BCUT2D eigenvalue weighted by atomic mass is 35.5. The van der Waals surface area contributed by atoms with Crippen molar-refractivity contribution in [2.75, 3.05) is 33.5 Å². The third-order valence-corrected chi connectivity index (χ3v) is 3.60. The van der Waals surface area contributed by atoms with Crippen molar-refractivity contribution in [2.45, 2.75) is 6.04 Å². The van der Waals surface area contributed by atoms with E-state index in [9.17, 15) is 10.1 Å². The molecule has 1 amide bonds. The molecule has 1 aromatic rings. The topological polar surface area (TPSA) is 82.8 Å². The number of hydrogen-bond acceptors (Lipinski definition) is 5. The summed E-state index contributed by atoms with van der Waals surface area (Å²) in [4.78, 5) is 13.9. The van der Waals surface area contributed by atoms with Gasteiger partial charge in [0.15, 0.2) is 0 Å². The number of fused-ring (bicyclic) bond motifs is 1. The molecule has 0 saturated carbocycles. The summed E-state index contributed by atoms with van der Waals surface area (Å²) < 4.78 is 10.3. The molecule has 1 aromatic carbocycles. The van der Waals surface area contributed by atoms with E-state index in [1.165, 1.54) is 12.0 Å². The van der Waals surface area contributed by atoms with Crippen molar-refractivity contribution in [1.82, 2.24) is 4.90 Å². The van der Waals surface area contributed by atoms with E-state index in [4.69, 9.17) is 26.2 Å². The molecule has 1 unspecified atom stereocenters. The SMILES string of the molecule is COc1ccc(Cl)c2c1C(=O)N(CCOCCO)C2C#N. The quantitative estimate of drug-likeness (QED) is 0.803. The summed E-state index contributed by atoms with van der Waals surface area (Å²) >= 11 is 6.14. The number of carbonyl (C=O) groups excluding carboxylic acids is 1. The molecule has 1 N–H and O–H groups in total. The number of nitriles is 1. The molecule has 0 aromatic heterocycles. The van der Waals surface area contributed by atoms with Gasteiger partial charge in [-0.2, -0.15) is 5.26 Å². The molecule has 0 saturated heterocycles. The number of aliphatic hydroxyl groups is 1. The molecule has 0 aliphatic carbocycles. The Morgan fingerprint density at radius 1 is 1.48 bits per heavy atom. The first-order valence-electron chi connectivity index (χ1n) is 6.41. The molecule has 1 atom stereocenters. The minimum Gasteiger partial charge on any atom is -0.496 e. The predicted molar refractivity (Wildman–Crippen MR) is 75.3 cm³/mol. The van der Waals surface area contributed by atoms with Crippen LogP contribution in [0, 0.1) is 11.3 Å². The lowest BCUT2D eigenvalue weighted by Gasteiger charge is -2.19. The van der Waals surface area contributed by atoms with Crippen LogP contribution in [0.1, 0.15) is 22.0 Å². The Morgan fingerprint density at radius 3 is 2.86 bits per heavy atom. The summed E-state index contributed by atoms with van der Waals surface area (Å²) in [6, 6.07) is 4.56. The Morgan fingerprint density at radius 2 is 2.24 bits per heavy atom. The second-order valence-corrected chi connectivity index (χ2v) is 4.81. The predicted octanol–water partition coefficient (Wildman–Crippen LogP) is 1.38. The van der Waals surface area contributed by atoms with Gasteiger partial charge >= 0.3 is 0 Å². The molecule has 0 fully saturated rings. The number of rotatable bonds is 6. The van der Waals surface area contributed by atoms with Gasteiger partial charge in [-0.25, -0.2) is 0 Å². The van der Waals surface area contributed by atoms with Gasteiger partial charge in [-0.05, 0) is 12.1 Å². The van der Waals surface area contributed by atoms with Gasteiger partial charge < -0.3 is 19.5 Å². The van der Waals surface area contributed by atoms with Crippen molar-refractivity contribution in [2.24, 2.45) is 0 Å². The van der Waals surface area contributed by atoms with Crippen LogP contribution < -0.4 is 4.74 Å². The van der Waals surface area contributed by atoms with E-state index >= 15 is 0 Å². The van der Waals surface area contributed by atoms with Crippen molar-refractivity contribution in [3.8, 4) is 11.8 Å². The van der Waals surface area contributed by atoms with E-state index in [0.29, 0.717) is 21.9 Å². The van der Waals surface area contributed by atoms with Crippen molar-refractivity contribution < 1.29 is 19.4 Å². The molecule has 7 heteroatoms. The van der Waals surface area contributed by atoms with Crippen LogP contribution in [0.4, 0.5) is 0 Å². The smallest absolute Gasteiger partial charge is 0.259 e. The highest BCUT2D eigenvalue weighted by Gasteiger charge is 2.40. The first-order chi connectivity index (χ1) is 10.2. The number of ether oxygens (including phenoxy) is 2. The van der Waals surface area contributed by atoms with Crippen molar-refractivity contribution in [3.05, 3.63) is 28.3 Å². The number of halogens is 1. The van der Waals surface area contributed by atoms with Gasteiger partial charge in [-0.1, -0.05) is 11.6 Å². The Hall–Kier alpha value is -1.81. The number of benzene rings is 1. The zero-order chi connectivity index (χ0) is 15.4. The Balaban J connectivity index is 2.30. The molecule has 0 bridgehead atoms. The first kappa shape index (κ1) is 15.6. The number of carbonyl (C=O) groups is 1. The molecule has 1 aliphatic rings. The lowest BCUT2D eigenvalue weighted by molar-refractivity contribution is 0.0556. The molecule has 0 spiro atoms. The summed E-state index contributed by atoms with van der Waals surface area (Å²) in [6.07, 6.45) is 0. The molecule has 21 heavy (non-hydrogen) atoms. The molecule has 0 radical (unpaired) electrons. The maximum Gasteiger partial charge on any atom is 0.259 e. The van der Waals surface area contributed by atoms with Crippen molar-refractivity contribution in [1.29, 1.82) is 5.26 Å². The van der Waals surface area contributed by atoms with Crippen LogP contribution in [0.25, 0.3) is 0 Å². The van der Waals surface area contributed by atoms with Gasteiger partial charge in [0.25, 0.3) is 5.91 Å². The second kappa shape index (κ2) is 6.76. The monoisotopic (exact) mass is 310 g/mol. The number of hydrogen-bond donors (Lipinski definition) is 1. The molecule has 1 heterocycles. The van der Waals surface area contributed by atoms with Gasteiger partial charge in [0.2, 0.25) is 0 Å². The fraction of sp³-hybridized carbons (Fsp3) is 0.429. The molecular weight excluding hydrogens is 296 g/mol. The zero-order valence-electron chi connectivity index (χ0n) is 11.5. The average molecular weight is 311 g/mol. The van der Waals surface area contributed by atoms with E-state index in [0.717, 1.165) is 0 Å². The number of amides is 1. The van der Waals surface area contributed by atoms with Crippen LogP contribution in [-0.4, -0.2) is 49.4 Å². The van der Waals surface area contributed by atoms with Crippen LogP contribution in [0.5, 0.6) is 5.75 Å². The summed E-state index contributed by atoms with van der Waals surface area (Å²) in [5.41, 5.74) is 0.810. The highest BCUT2D eigenvalue weighted by Crippen LogP contribution is 2.42. The van der Waals surface area contributed by atoms with Crippen molar-refractivity contribution in [3.63, 3.8) is 0 Å². The van der Waals surface area contributed by atoms with Gasteiger partial charge in [-0.15, -0.1) is 0 Å². The molecule has 2 rings (SSSR count). The molecule has 6 nitrogen and oxygen atoms in total. The minimum absolute atomic E-state index is 0.0878. The fourth-order valence-electron chi connectivity index (χ4n) is 2.34. The highest BCUT2D eigenvalue weighted by molar-refractivity contribution is 6.32. The Labute approximate surface area is 127 Å². The summed E-state index contributed by atoms with van der Waals surface area (Å²) in [5.74, 6) is 0.0990. The summed E-state index contributed by atoms with van der Waals surface area (Å²) in [5, 5.41) is 18.4. The minimum atomic E-state index is -0.757. The molecule has 1 aliphatic heterocycles. The maximum atomic E-state index is 12.5. The zero-order valence-corrected chi connectivity index (χ0v) is 12.3. The largest absolute Gasteiger partial charge is 0.496 e. The maximum absolute atomic E-state index is 12.5. The lowest BCUT2D eigenvalue weighted by atomic mass is 10.0. The van der Waals surface area contributed by atoms with Gasteiger partial charge in [0.05, 0.1) is 38.6 Å². The summed E-state index contributed by atoms with van der Waals surface area (Å²) in [6.45, 7) is 0.579. The van der Waals surface area contributed by atoms with Crippen LogP contribution in [0.2, 0.25) is 5.02 Å². The first-order valence-corrected chi connectivity index (χ1v) is 6.79. The lowest BCUT2D eigenvalue weighted by Crippen LogP contribution is -2.31. The van der Waals surface area contributed by atoms with E-state index in [1.54, 1.807) is 12.1 Å². The van der Waals surface area contributed by atoms with E-state index in [1.807, 2.05) is 0 Å². The Kier molecular flexibility index (Phi) is 5.02. The van der Waals surface area contributed by atoms with Gasteiger partial charge in [0.1, 0.15) is 11.8 Å². The van der Waals surface area contributed by atoms with Crippen LogP contribution in [0.3, 0.4) is 0 Å². The van der Waals surface area contributed by atoms with Crippen LogP contribution >= 0.6 is 11.6 Å². The third-order valence-electron chi connectivity index (χ3n) is 3.27. The van der Waals surface area contributed by atoms with Gasteiger partial charge in [-0.3, -0.25) is 4.79 Å². The van der Waals surface area contributed by atoms with Crippen LogP contribution in [0.15, 0.2) is 12.1 Å². The number of aliphatic hydroxyl groups excluding tert-OH is 1. The standard InChI is InChI=1S/C14H15ClN2O4/c1-20-11-3-2-9(15)12-10(8-16)17(14(19)13(11)12)4-6-21-7-5-18/h2-3,10,18H,4-7H2,1H3. The molecular formula is C14H15ClN2O4. The second-order valence-electron chi connectivity index (χ2n) is 4.40.